The molecular weight excluding hydrogens is 316 g/mol. The SMILES string of the molecule is O=C(NC1(CO)CCCC1)c1ccc(CN2CCC(CO)CC2)cc1. The molecule has 1 saturated heterocycles. The summed E-state index contributed by atoms with van der Waals surface area (Å²) in [5.74, 6) is 0.364. The molecule has 3 N–H and O–H groups in total. The molecule has 25 heavy (non-hydrogen) atoms. The molecule has 0 bridgehead atoms. The normalized spacial score (nSPS) is 21.4. The number of rotatable bonds is 6. The van der Waals surface area contributed by atoms with E-state index in [1.807, 2.05) is 24.3 Å². The second-order valence-electron chi connectivity index (χ2n) is 7.70. The first-order valence-corrected chi connectivity index (χ1v) is 9.50. The van der Waals surface area contributed by atoms with Crippen molar-refractivity contribution >= 4 is 5.91 Å². The minimum absolute atomic E-state index is 0.0145. The third kappa shape index (κ3) is 4.60. The number of likely N-dealkylation sites (tertiary alicyclic amines) is 1. The van der Waals surface area contributed by atoms with Crippen molar-refractivity contribution in [2.75, 3.05) is 26.3 Å². The Labute approximate surface area is 150 Å². The number of hydrogen-bond donors (Lipinski definition) is 3. The molecule has 2 fully saturated rings. The quantitative estimate of drug-likeness (QED) is 0.736. The highest BCUT2D eigenvalue weighted by atomic mass is 16.3. The molecule has 1 saturated carbocycles. The molecule has 0 aromatic heterocycles. The van der Waals surface area contributed by atoms with Crippen LogP contribution in [-0.2, 0) is 6.54 Å². The average molecular weight is 346 g/mol. The van der Waals surface area contributed by atoms with Crippen LogP contribution in [0.3, 0.4) is 0 Å². The Balaban J connectivity index is 1.54. The van der Waals surface area contributed by atoms with Crippen molar-refractivity contribution in [2.45, 2.75) is 50.6 Å². The van der Waals surface area contributed by atoms with Crippen molar-refractivity contribution < 1.29 is 15.0 Å². The zero-order valence-electron chi connectivity index (χ0n) is 14.9. The van der Waals surface area contributed by atoms with Gasteiger partial charge in [0, 0.05) is 18.7 Å². The van der Waals surface area contributed by atoms with E-state index in [0.717, 1.165) is 58.2 Å². The fourth-order valence-electron chi connectivity index (χ4n) is 4.03. The number of carbonyl (C=O) groups is 1. The number of hydrogen-bond acceptors (Lipinski definition) is 4. The Morgan fingerprint density at radius 3 is 2.32 bits per heavy atom. The van der Waals surface area contributed by atoms with Gasteiger partial charge in [-0.25, -0.2) is 0 Å². The van der Waals surface area contributed by atoms with Crippen molar-refractivity contribution in [3.05, 3.63) is 35.4 Å². The monoisotopic (exact) mass is 346 g/mol. The van der Waals surface area contributed by atoms with Gasteiger partial charge in [-0.05, 0) is 62.4 Å². The maximum Gasteiger partial charge on any atom is 0.251 e. The van der Waals surface area contributed by atoms with E-state index in [-0.39, 0.29) is 12.5 Å². The van der Waals surface area contributed by atoms with Crippen molar-refractivity contribution in [2.24, 2.45) is 5.92 Å². The molecule has 2 aliphatic rings. The van der Waals surface area contributed by atoms with E-state index in [2.05, 4.69) is 10.2 Å². The lowest BCUT2D eigenvalue weighted by molar-refractivity contribution is 0.0838. The van der Waals surface area contributed by atoms with E-state index in [1.54, 1.807) is 0 Å². The Kier molecular flexibility index (Phi) is 6.10. The molecule has 0 atom stereocenters. The Morgan fingerprint density at radius 1 is 1.12 bits per heavy atom. The van der Waals surface area contributed by atoms with E-state index in [4.69, 9.17) is 0 Å². The molecule has 0 radical (unpaired) electrons. The lowest BCUT2D eigenvalue weighted by Gasteiger charge is -2.31. The van der Waals surface area contributed by atoms with Gasteiger partial charge in [0.05, 0.1) is 12.1 Å². The second-order valence-corrected chi connectivity index (χ2v) is 7.70. The maximum atomic E-state index is 12.5. The number of aliphatic hydroxyl groups excluding tert-OH is 2. The van der Waals surface area contributed by atoms with Gasteiger partial charge in [-0.2, -0.15) is 0 Å². The summed E-state index contributed by atoms with van der Waals surface area (Å²) in [4.78, 5) is 14.9. The fourth-order valence-corrected chi connectivity index (χ4v) is 4.03. The molecule has 5 heteroatoms. The summed E-state index contributed by atoms with van der Waals surface area (Å²) in [7, 11) is 0. The van der Waals surface area contributed by atoms with E-state index < -0.39 is 5.54 Å². The van der Waals surface area contributed by atoms with E-state index >= 15 is 0 Å². The summed E-state index contributed by atoms with van der Waals surface area (Å²) in [5, 5.41) is 21.9. The minimum atomic E-state index is -0.424. The van der Waals surface area contributed by atoms with Crippen LogP contribution in [0.25, 0.3) is 0 Å². The first kappa shape index (κ1) is 18.4. The molecular formula is C20H30N2O3. The number of piperidine rings is 1. The summed E-state index contributed by atoms with van der Waals surface area (Å²) in [6, 6.07) is 7.80. The first-order valence-electron chi connectivity index (χ1n) is 9.50. The number of benzene rings is 1. The number of amides is 1. The third-order valence-electron chi connectivity index (χ3n) is 5.83. The number of aliphatic hydroxyl groups is 2. The molecule has 1 aromatic rings. The smallest absolute Gasteiger partial charge is 0.251 e. The van der Waals surface area contributed by atoms with Crippen LogP contribution in [0.1, 0.15) is 54.4 Å². The standard InChI is InChI=1S/C20H30N2O3/c23-14-17-7-11-22(12-8-17)13-16-3-5-18(6-4-16)19(25)21-20(15-24)9-1-2-10-20/h3-6,17,23-24H,1-2,7-15H2,(H,21,25). The molecule has 138 valence electrons. The largest absolute Gasteiger partial charge is 0.396 e. The van der Waals surface area contributed by atoms with Crippen LogP contribution >= 0.6 is 0 Å². The minimum Gasteiger partial charge on any atom is -0.396 e. The molecule has 1 aromatic carbocycles. The predicted octanol–water partition coefficient (Wildman–Crippen LogP) is 1.93. The van der Waals surface area contributed by atoms with Crippen molar-refractivity contribution in [1.82, 2.24) is 10.2 Å². The van der Waals surface area contributed by atoms with Crippen LogP contribution in [0.15, 0.2) is 24.3 Å². The molecule has 1 heterocycles. The van der Waals surface area contributed by atoms with Crippen LogP contribution in [0, 0.1) is 5.92 Å². The third-order valence-corrected chi connectivity index (χ3v) is 5.83. The molecule has 3 rings (SSSR count). The highest BCUT2D eigenvalue weighted by molar-refractivity contribution is 5.94. The summed E-state index contributed by atoms with van der Waals surface area (Å²) < 4.78 is 0. The van der Waals surface area contributed by atoms with Gasteiger partial charge < -0.3 is 15.5 Å². The second kappa shape index (κ2) is 8.30. The van der Waals surface area contributed by atoms with E-state index in [9.17, 15) is 15.0 Å². The first-order chi connectivity index (χ1) is 12.1. The van der Waals surface area contributed by atoms with Gasteiger partial charge in [0.25, 0.3) is 5.91 Å². The Morgan fingerprint density at radius 2 is 1.76 bits per heavy atom. The van der Waals surface area contributed by atoms with Crippen LogP contribution in [-0.4, -0.2) is 52.9 Å². The molecule has 1 aliphatic carbocycles. The van der Waals surface area contributed by atoms with Gasteiger partial charge in [0.1, 0.15) is 0 Å². The number of nitrogens with zero attached hydrogens (tertiary/aromatic N) is 1. The number of carbonyl (C=O) groups excluding carboxylic acids is 1. The van der Waals surface area contributed by atoms with E-state index in [1.165, 1.54) is 5.56 Å². The predicted molar refractivity (Wildman–Crippen MR) is 97.3 cm³/mol. The average Bonchev–Trinajstić information content (AvgIpc) is 3.12. The molecule has 1 aliphatic heterocycles. The van der Waals surface area contributed by atoms with Crippen molar-refractivity contribution in [3.8, 4) is 0 Å². The summed E-state index contributed by atoms with van der Waals surface area (Å²) in [5.41, 5.74) is 1.44. The van der Waals surface area contributed by atoms with Gasteiger partial charge in [-0.1, -0.05) is 25.0 Å². The van der Waals surface area contributed by atoms with Gasteiger partial charge in [0.15, 0.2) is 0 Å². The zero-order valence-corrected chi connectivity index (χ0v) is 14.9. The zero-order chi connectivity index (χ0) is 17.7. The van der Waals surface area contributed by atoms with Gasteiger partial charge in [0.2, 0.25) is 0 Å². The summed E-state index contributed by atoms with van der Waals surface area (Å²) in [6.45, 7) is 3.24. The van der Waals surface area contributed by atoms with E-state index in [0.29, 0.717) is 18.1 Å². The molecule has 0 spiro atoms. The van der Waals surface area contributed by atoms with Crippen LogP contribution < -0.4 is 5.32 Å². The Bertz CT molecular complexity index is 559. The van der Waals surface area contributed by atoms with Crippen molar-refractivity contribution in [3.63, 3.8) is 0 Å². The van der Waals surface area contributed by atoms with Gasteiger partial charge in [-0.15, -0.1) is 0 Å². The van der Waals surface area contributed by atoms with Crippen LogP contribution in [0.2, 0.25) is 0 Å². The summed E-state index contributed by atoms with van der Waals surface area (Å²) >= 11 is 0. The molecule has 0 unspecified atom stereocenters. The molecule has 5 nitrogen and oxygen atoms in total. The maximum absolute atomic E-state index is 12.5. The highest BCUT2D eigenvalue weighted by Crippen LogP contribution is 2.29. The van der Waals surface area contributed by atoms with Crippen molar-refractivity contribution in [1.29, 1.82) is 0 Å². The van der Waals surface area contributed by atoms with Crippen LogP contribution in [0.4, 0.5) is 0 Å². The molecule has 1 amide bonds. The Hall–Kier alpha value is -1.43. The summed E-state index contributed by atoms with van der Waals surface area (Å²) in [6.07, 6.45) is 5.95. The van der Waals surface area contributed by atoms with Gasteiger partial charge >= 0.3 is 0 Å². The lowest BCUT2D eigenvalue weighted by atomic mass is 9.97. The number of nitrogens with one attached hydrogen (secondary N) is 1. The van der Waals surface area contributed by atoms with Gasteiger partial charge in [-0.3, -0.25) is 9.69 Å². The topological polar surface area (TPSA) is 72.8 Å². The van der Waals surface area contributed by atoms with Crippen LogP contribution in [0.5, 0.6) is 0 Å². The fraction of sp³-hybridized carbons (Fsp3) is 0.650. The highest BCUT2D eigenvalue weighted by Gasteiger charge is 2.34. The lowest BCUT2D eigenvalue weighted by Crippen LogP contribution is -2.49.